The van der Waals surface area contributed by atoms with Gasteiger partial charge in [-0.15, -0.1) is 0 Å². The second-order valence-corrected chi connectivity index (χ2v) is 5.29. The number of ether oxygens (including phenoxy) is 1. The van der Waals surface area contributed by atoms with Crippen LogP contribution in [-0.4, -0.2) is 39.4 Å². The summed E-state index contributed by atoms with van der Waals surface area (Å²) in [5.41, 5.74) is 0. The van der Waals surface area contributed by atoms with Crippen molar-refractivity contribution in [1.82, 2.24) is 0 Å². The predicted octanol–water partition coefficient (Wildman–Crippen LogP) is 1.33. The SMILES string of the molecule is CCCCCCOC(=O)CS(=O)CCC(=O)O. The van der Waals surface area contributed by atoms with Gasteiger partial charge in [-0.3, -0.25) is 13.8 Å². The first-order valence-electron chi connectivity index (χ1n) is 5.78. The smallest absolute Gasteiger partial charge is 0.318 e. The van der Waals surface area contributed by atoms with Gasteiger partial charge in [-0.2, -0.15) is 0 Å². The quantitative estimate of drug-likeness (QED) is 0.475. The maximum absolute atomic E-state index is 11.2. The lowest BCUT2D eigenvalue weighted by Gasteiger charge is -2.04. The predicted molar refractivity (Wildman–Crippen MR) is 65.2 cm³/mol. The average Bonchev–Trinajstić information content (AvgIpc) is 2.26. The molecule has 0 aliphatic carbocycles. The van der Waals surface area contributed by atoms with E-state index in [4.69, 9.17) is 9.84 Å². The van der Waals surface area contributed by atoms with Crippen LogP contribution in [0.4, 0.5) is 0 Å². The zero-order valence-corrected chi connectivity index (χ0v) is 11.0. The Morgan fingerprint density at radius 2 is 1.94 bits per heavy atom. The fourth-order valence-electron chi connectivity index (χ4n) is 1.16. The summed E-state index contributed by atoms with van der Waals surface area (Å²) in [6.45, 7) is 2.45. The zero-order valence-electron chi connectivity index (χ0n) is 10.1. The van der Waals surface area contributed by atoms with E-state index in [1.807, 2.05) is 0 Å². The lowest BCUT2D eigenvalue weighted by atomic mass is 10.2. The standard InChI is InChI=1S/C11H20O5S/c1-2-3-4-5-7-16-11(14)9-17(15)8-6-10(12)13/h2-9H2,1H3,(H,12,13). The number of aliphatic carboxylic acids is 1. The fraction of sp³-hybridized carbons (Fsp3) is 0.818. The maximum atomic E-state index is 11.2. The second kappa shape index (κ2) is 10.3. The van der Waals surface area contributed by atoms with Crippen LogP contribution in [0, 0.1) is 0 Å². The van der Waals surface area contributed by atoms with Crippen molar-refractivity contribution < 1.29 is 23.6 Å². The Labute approximate surface area is 104 Å². The molecule has 0 aliphatic rings. The summed E-state index contributed by atoms with van der Waals surface area (Å²) in [4.78, 5) is 21.4. The summed E-state index contributed by atoms with van der Waals surface area (Å²) < 4.78 is 16.1. The van der Waals surface area contributed by atoms with Gasteiger partial charge in [0.15, 0.2) is 0 Å². The van der Waals surface area contributed by atoms with E-state index >= 15 is 0 Å². The summed E-state index contributed by atoms with van der Waals surface area (Å²) in [5.74, 6) is -1.72. The summed E-state index contributed by atoms with van der Waals surface area (Å²) in [5, 5.41) is 8.37. The Balaban J connectivity index is 3.50. The van der Waals surface area contributed by atoms with Crippen molar-refractivity contribution in [2.45, 2.75) is 39.0 Å². The topological polar surface area (TPSA) is 80.7 Å². The number of carbonyl (C=O) groups excluding carboxylic acids is 1. The Morgan fingerprint density at radius 3 is 2.53 bits per heavy atom. The van der Waals surface area contributed by atoms with E-state index in [0.29, 0.717) is 6.61 Å². The Kier molecular flexibility index (Phi) is 9.71. The van der Waals surface area contributed by atoms with E-state index in [1.54, 1.807) is 0 Å². The summed E-state index contributed by atoms with van der Waals surface area (Å²) >= 11 is 0. The number of carbonyl (C=O) groups is 2. The minimum Gasteiger partial charge on any atom is -0.481 e. The van der Waals surface area contributed by atoms with Crippen LogP contribution in [0.5, 0.6) is 0 Å². The number of carboxylic acids is 1. The number of unbranched alkanes of at least 4 members (excludes halogenated alkanes) is 3. The Morgan fingerprint density at radius 1 is 1.24 bits per heavy atom. The van der Waals surface area contributed by atoms with Crippen molar-refractivity contribution in [2.24, 2.45) is 0 Å². The molecule has 0 aromatic heterocycles. The van der Waals surface area contributed by atoms with E-state index < -0.39 is 22.7 Å². The second-order valence-electron chi connectivity index (χ2n) is 3.71. The van der Waals surface area contributed by atoms with Crippen molar-refractivity contribution in [1.29, 1.82) is 0 Å². The molecule has 17 heavy (non-hydrogen) atoms. The van der Waals surface area contributed by atoms with Crippen LogP contribution in [-0.2, 0) is 25.1 Å². The van der Waals surface area contributed by atoms with Crippen molar-refractivity contribution in [3.63, 3.8) is 0 Å². The Hall–Kier alpha value is -0.910. The van der Waals surface area contributed by atoms with Gasteiger partial charge in [0, 0.05) is 16.6 Å². The normalized spacial score (nSPS) is 12.1. The number of esters is 1. The fourth-order valence-corrected chi connectivity index (χ4v) is 2.05. The third-order valence-corrected chi connectivity index (χ3v) is 3.30. The first-order valence-corrected chi connectivity index (χ1v) is 7.27. The van der Waals surface area contributed by atoms with Gasteiger partial charge in [-0.1, -0.05) is 26.2 Å². The molecule has 0 saturated heterocycles. The highest BCUT2D eigenvalue weighted by Gasteiger charge is 2.10. The third-order valence-electron chi connectivity index (χ3n) is 2.08. The molecule has 0 spiro atoms. The molecule has 6 heteroatoms. The molecule has 0 fully saturated rings. The molecule has 0 bridgehead atoms. The lowest BCUT2D eigenvalue weighted by Crippen LogP contribution is -2.17. The number of carboxylic acid groups (broad SMARTS) is 1. The number of hydrogen-bond donors (Lipinski definition) is 1. The van der Waals surface area contributed by atoms with Crippen molar-refractivity contribution in [3.05, 3.63) is 0 Å². The lowest BCUT2D eigenvalue weighted by molar-refractivity contribution is -0.140. The van der Waals surface area contributed by atoms with Crippen LogP contribution in [0.15, 0.2) is 0 Å². The minimum absolute atomic E-state index is 0.000266. The van der Waals surface area contributed by atoms with Crippen molar-refractivity contribution in [2.75, 3.05) is 18.1 Å². The molecule has 0 aliphatic heterocycles. The van der Waals surface area contributed by atoms with Gasteiger partial charge in [0.25, 0.3) is 0 Å². The first-order chi connectivity index (χ1) is 8.06. The van der Waals surface area contributed by atoms with E-state index in [1.165, 1.54) is 0 Å². The van der Waals surface area contributed by atoms with Gasteiger partial charge in [0.05, 0.1) is 13.0 Å². The van der Waals surface area contributed by atoms with Gasteiger partial charge in [-0.25, -0.2) is 0 Å². The van der Waals surface area contributed by atoms with Gasteiger partial charge in [0.2, 0.25) is 0 Å². The molecule has 0 heterocycles. The summed E-state index contributed by atoms with van der Waals surface area (Å²) in [6.07, 6.45) is 3.89. The van der Waals surface area contributed by atoms with Crippen molar-refractivity contribution in [3.8, 4) is 0 Å². The molecule has 0 radical (unpaired) electrons. The Bertz CT molecular complexity index is 265. The zero-order chi connectivity index (χ0) is 13.1. The summed E-state index contributed by atoms with van der Waals surface area (Å²) in [6, 6.07) is 0. The molecule has 0 aromatic carbocycles. The minimum atomic E-state index is -1.43. The molecule has 0 rings (SSSR count). The molecule has 0 amide bonds. The molecule has 0 saturated carbocycles. The van der Waals surface area contributed by atoms with Crippen LogP contribution in [0.1, 0.15) is 39.0 Å². The van der Waals surface area contributed by atoms with Gasteiger partial charge in [0.1, 0.15) is 5.75 Å². The van der Waals surface area contributed by atoms with Crippen LogP contribution in [0.2, 0.25) is 0 Å². The molecule has 1 atom stereocenters. The van der Waals surface area contributed by atoms with Crippen LogP contribution in [0.25, 0.3) is 0 Å². The summed E-state index contributed by atoms with van der Waals surface area (Å²) in [7, 11) is -1.43. The molecule has 100 valence electrons. The van der Waals surface area contributed by atoms with E-state index in [0.717, 1.165) is 25.7 Å². The van der Waals surface area contributed by atoms with Crippen LogP contribution in [0.3, 0.4) is 0 Å². The molecule has 1 N–H and O–H groups in total. The number of hydrogen-bond acceptors (Lipinski definition) is 4. The van der Waals surface area contributed by atoms with E-state index in [2.05, 4.69) is 6.92 Å². The van der Waals surface area contributed by atoms with Gasteiger partial charge >= 0.3 is 11.9 Å². The van der Waals surface area contributed by atoms with Crippen molar-refractivity contribution >= 4 is 22.7 Å². The largest absolute Gasteiger partial charge is 0.481 e. The molecule has 1 unspecified atom stereocenters. The van der Waals surface area contributed by atoms with Crippen LogP contribution >= 0.6 is 0 Å². The van der Waals surface area contributed by atoms with Gasteiger partial charge in [-0.05, 0) is 6.42 Å². The van der Waals surface area contributed by atoms with Gasteiger partial charge < -0.3 is 9.84 Å². The average molecular weight is 264 g/mol. The highest BCUT2D eigenvalue weighted by Crippen LogP contribution is 1.99. The van der Waals surface area contributed by atoms with Crippen LogP contribution < -0.4 is 0 Å². The molecular formula is C11H20O5S. The van der Waals surface area contributed by atoms with E-state index in [9.17, 15) is 13.8 Å². The monoisotopic (exact) mass is 264 g/mol. The molecule has 0 aromatic rings. The first kappa shape index (κ1) is 16.1. The molecule has 5 nitrogen and oxygen atoms in total. The molecular weight excluding hydrogens is 244 g/mol. The maximum Gasteiger partial charge on any atom is 0.318 e. The number of rotatable bonds is 10. The van der Waals surface area contributed by atoms with E-state index in [-0.39, 0.29) is 17.9 Å². The highest BCUT2D eigenvalue weighted by atomic mass is 32.2. The third kappa shape index (κ3) is 11.4. The highest BCUT2D eigenvalue weighted by molar-refractivity contribution is 7.85.